The maximum Gasteiger partial charge on any atom is 0.193 e. The number of rotatable bonds is 6. The molecule has 1 heterocycles. The fourth-order valence-corrected chi connectivity index (χ4v) is 2.28. The van der Waals surface area contributed by atoms with Crippen LogP contribution in [0, 0.1) is 0 Å². The van der Waals surface area contributed by atoms with Crippen molar-refractivity contribution in [1.82, 2.24) is 5.32 Å². The van der Waals surface area contributed by atoms with Gasteiger partial charge in [-0.25, -0.2) is 0 Å². The zero-order valence-corrected chi connectivity index (χ0v) is 11.9. The highest BCUT2D eigenvalue weighted by Gasteiger charge is 2.17. The second-order valence-corrected chi connectivity index (χ2v) is 4.64. The zero-order chi connectivity index (χ0) is 13.7. The molecule has 2 aromatic rings. The van der Waals surface area contributed by atoms with Crippen LogP contribution < -0.4 is 10.1 Å². The molecule has 0 fully saturated rings. The minimum Gasteiger partial charge on any atom is -0.496 e. The maximum absolute atomic E-state index is 5.85. The molecule has 1 N–H and O–H groups in total. The lowest BCUT2D eigenvalue weighted by Gasteiger charge is -2.17. The first-order valence-corrected chi connectivity index (χ1v) is 6.73. The Hall–Kier alpha value is -1.45. The second kappa shape index (κ2) is 6.64. The number of ether oxygens (including phenoxy) is 1. The van der Waals surface area contributed by atoms with Crippen LogP contribution in [0.15, 0.2) is 40.8 Å². The molecule has 1 aromatic carbocycles. The quantitative estimate of drug-likeness (QED) is 0.872. The molecule has 102 valence electrons. The Morgan fingerprint density at radius 2 is 2.05 bits per heavy atom. The number of benzene rings is 1. The smallest absolute Gasteiger partial charge is 0.193 e. The molecular formula is C15H18ClNO2. The molecule has 1 unspecified atom stereocenters. The van der Waals surface area contributed by atoms with Crippen LogP contribution in [0.1, 0.15) is 24.3 Å². The predicted octanol–water partition coefficient (Wildman–Crippen LogP) is 3.83. The molecule has 0 radical (unpaired) electrons. The summed E-state index contributed by atoms with van der Waals surface area (Å²) in [5, 5.41) is 3.82. The molecule has 0 saturated carbocycles. The number of nitrogens with one attached hydrogen (secondary N) is 1. The van der Waals surface area contributed by atoms with Gasteiger partial charge in [-0.1, -0.05) is 25.1 Å². The number of hydrogen-bond acceptors (Lipinski definition) is 3. The van der Waals surface area contributed by atoms with Gasteiger partial charge in [-0.3, -0.25) is 0 Å². The minimum atomic E-state index is 0.0915. The van der Waals surface area contributed by atoms with Crippen LogP contribution in [0.5, 0.6) is 5.75 Å². The molecule has 0 saturated heterocycles. The van der Waals surface area contributed by atoms with E-state index in [-0.39, 0.29) is 6.04 Å². The molecule has 1 atom stereocenters. The second-order valence-electron chi connectivity index (χ2n) is 4.27. The zero-order valence-electron chi connectivity index (χ0n) is 11.2. The van der Waals surface area contributed by atoms with E-state index in [0.29, 0.717) is 5.22 Å². The number of methoxy groups -OCH3 is 1. The molecule has 19 heavy (non-hydrogen) atoms. The lowest BCUT2D eigenvalue weighted by molar-refractivity contribution is 0.392. The minimum absolute atomic E-state index is 0.0915. The lowest BCUT2D eigenvalue weighted by atomic mass is 10.0. The van der Waals surface area contributed by atoms with Crippen molar-refractivity contribution in [2.75, 3.05) is 13.7 Å². The van der Waals surface area contributed by atoms with Gasteiger partial charge in [-0.15, -0.1) is 0 Å². The number of furan rings is 1. The molecule has 0 aliphatic rings. The van der Waals surface area contributed by atoms with Gasteiger partial charge in [-0.2, -0.15) is 0 Å². The highest BCUT2D eigenvalue weighted by Crippen LogP contribution is 2.27. The van der Waals surface area contributed by atoms with Crippen molar-refractivity contribution < 1.29 is 9.15 Å². The Kier molecular flexibility index (Phi) is 4.88. The van der Waals surface area contributed by atoms with E-state index in [0.717, 1.165) is 30.0 Å². The van der Waals surface area contributed by atoms with Gasteiger partial charge in [0.15, 0.2) is 5.22 Å². The van der Waals surface area contributed by atoms with Gasteiger partial charge in [0.05, 0.1) is 13.2 Å². The molecule has 0 aliphatic carbocycles. The molecule has 1 aromatic heterocycles. The summed E-state index contributed by atoms with van der Waals surface area (Å²) in [5.41, 5.74) is 1.14. The molecule has 0 spiro atoms. The highest BCUT2D eigenvalue weighted by molar-refractivity contribution is 6.28. The van der Waals surface area contributed by atoms with Gasteiger partial charge in [0.1, 0.15) is 11.5 Å². The average Bonchev–Trinajstić information content (AvgIpc) is 2.85. The van der Waals surface area contributed by atoms with Crippen molar-refractivity contribution in [3.63, 3.8) is 0 Å². The number of para-hydroxylation sites is 1. The fourth-order valence-electron chi connectivity index (χ4n) is 2.13. The first kappa shape index (κ1) is 14.0. The maximum atomic E-state index is 5.85. The van der Waals surface area contributed by atoms with Crippen LogP contribution in [0.4, 0.5) is 0 Å². The Morgan fingerprint density at radius 3 is 2.68 bits per heavy atom. The largest absolute Gasteiger partial charge is 0.496 e. The van der Waals surface area contributed by atoms with Crippen molar-refractivity contribution >= 4 is 11.6 Å². The van der Waals surface area contributed by atoms with E-state index < -0.39 is 0 Å². The molecule has 3 nitrogen and oxygen atoms in total. The van der Waals surface area contributed by atoms with E-state index in [1.165, 1.54) is 0 Å². The van der Waals surface area contributed by atoms with Gasteiger partial charge < -0.3 is 14.5 Å². The normalized spacial score (nSPS) is 12.4. The standard InChI is InChI=1S/C15H18ClNO2/c1-3-17-12(14-8-9-15(16)19-14)10-11-6-4-5-7-13(11)18-2/h4-9,12,17H,3,10H2,1-2H3. The number of hydrogen-bond donors (Lipinski definition) is 1. The lowest BCUT2D eigenvalue weighted by Crippen LogP contribution is -2.22. The van der Waals surface area contributed by atoms with E-state index in [1.807, 2.05) is 24.3 Å². The first-order chi connectivity index (χ1) is 9.24. The van der Waals surface area contributed by atoms with E-state index in [9.17, 15) is 0 Å². The molecular weight excluding hydrogens is 262 g/mol. The Labute approximate surface area is 118 Å². The van der Waals surface area contributed by atoms with Crippen molar-refractivity contribution in [2.24, 2.45) is 0 Å². The summed E-state index contributed by atoms with van der Waals surface area (Å²) in [7, 11) is 1.69. The van der Waals surface area contributed by atoms with Crippen LogP contribution in [0.2, 0.25) is 5.22 Å². The SMILES string of the molecule is CCNC(Cc1ccccc1OC)c1ccc(Cl)o1. The average molecular weight is 280 g/mol. The van der Waals surface area contributed by atoms with Crippen molar-refractivity contribution in [3.8, 4) is 5.75 Å². The third kappa shape index (κ3) is 3.52. The monoisotopic (exact) mass is 279 g/mol. The summed E-state index contributed by atoms with van der Waals surface area (Å²) in [6.07, 6.45) is 0.793. The van der Waals surface area contributed by atoms with Crippen LogP contribution in [0.3, 0.4) is 0 Å². The molecule has 0 aliphatic heterocycles. The fraction of sp³-hybridized carbons (Fsp3) is 0.333. The topological polar surface area (TPSA) is 34.4 Å². The molecule has 0 amide bonds. The van der Waals surface area contributed by atoms with E-state index in [1.54, 1.807) is 13.2 Å². The predicted molar refractivity (Wildman–Crippen MR) is 76.8 cm³/mol. The summed E-state index contributed by atoms with van der Waals surface area (Å²) >= 11 is 5.85. The number of likely N-dealkylation sites (N-methyl/N-ethyl adjacent to an activating group) is 1. The van der Waals surface area contributed by atoms with Gasteiger partial charge in [0, 0.05) is 0 Å². The summed E-state index contributed by atoms with van der Waals surface area (Å²) in [6.45, 7) is 2.93. The summed E-state index contributed by atoms with van der Waals surface area (Å²) < 4.78 is 10.9. The van der Waals surface area contributed by atoms with Gasteiger partial charge in [0.2, 0.25) is 0 Å². The van der Waals surface area contributed by atoms with Gasteiger partial charge >= 0.3 is 0 Å². The van der Waals surface area contributed by atoms with Gasteiger partial charge in [0.25, 0.3) is 0 Å². The first-order valence-electron chi connectivity index (χ1n) is 6.35. The van der Waals surface area contributed by atoms with Gasteiger partial charge in [-0.05, 0) is 48.3 Å². The van der Waals surface area contributed by atoms with E-state index in [2.05, 4.69) is 18.3 Å². The third-order valence-corrected chi connectivity index (χ3v) is 3.21. The molecule has 2 rings (SSSR count). The van der Waals surface area contributed by atoms with Crippen LogP contribution >= 0.6 is 11.6 Å². The van der Waals surface area contributed by atoms with Crippen LogP contribution in [-0.2, 0) is 6.42 Å². The Balaban J connectivity index is 2.21. The van der Waals surface area contributed by atoms with Crippen molar-refractivity contribution in [1.29, 1.82) is 0 Å². The van der Waals surface area contributed by atoms with Crippen molar-refractivity contribution in [3.05, 3.63) is 52.9 Å². The summed E-state index contributed by atoms with van der Waals surface area (Å²) in [6, 6.07) is 11.8. The Morgan fingerprint density at radius 1 is 1.26 bits per heavy atom. The van der Waals surface area contributed by atoms with Crippen LogP contribution in [0.25, 0.3) is 0 Å². The van der Waals surface area contributed by atoms with E-state index in [4.69, 9.17) is 20.8 Å². The third-order valence-electron chi connectivity index (χ3n) is 3.00. The summed E-state index contributed by atoms with van der Waals surface area (Å²) in [4.78, 5) is 0. The molecule has 0 bridgehead atoms. The van der Waals surface area contributed by atoms with E-state index >= 15 is 0 Å². The highest BCUT2D eigenvalue weighted by atomic mass is 35.5. The molecule has 4 heteroatoms. The summed E-state index contributed by atoms with van der Waals surface area (Å²) in [5.74, 6) is 1.74. The van der Waals surface area contributed by atoms with Crippen LogP contribution in [-0.4, -0.2) is 13.7 Å². The van der Waals surface area contributed by atoms with Crippen molar-refractivity contribution in [2.45, 2.75) is 19.4 Å². The Bertz CT molecular complexity index is 524. The number of halogens is 1.